The fourth-order valence-corrected chi connectivity index (χ4v) is 10.9. The van der Waals surface area contributed by atoms with Crippen molar-refractivity contribution in [2.75, 3.05) is 26.3 Å². The van der Waals surface area contributed by atoms with Crippen molar-refractivity contribution in [3.63, 3.8) is 0 Å². The van der Waals surface area contributed by atoms with Crippen LogP contribution in [0.5, 0.6) is 11.5 Å². The van der Waals surface area contributed by atoms with Crippen LogP contribution < -0.4 is 20.3 Å². The molecule has 0 bridgehead atoms. The van der Waals surface area contributed by atoms with Crippen LogP contribution in [0.3, 0.4) is 0 Å². The third-order valence-corrected chi connectivity index (χ3v) is 14.8. The van der Waals surface area contributed by atoms with Crippen molar-refractivity contribution in [1.29, 1.82) is 0 Å². The molecule has 2 aromatic heterocycles. The number of ether oxygens (including phenoxy) is 3. The summed E-state index contributed by atoms with van der Waals surface area (Å²) in [7, 11) is 0. The van der Waals surface area contributed by atoms with Crippen LogP contribution in [0.25, 0.3) is 0 Å². The zero-order valence-corrected chi connectivity index (χ0v) is 42.5. The third kappa shape index (κ3) is 10.9. The molecular formula is C59H64N6O9. The van der Waals surface area contributed by atoms with E-state index in [0.29, 0.717) is 39.1 Å². The van der Waals surface area contributed by atoms with Crippen LogP contribution in [-0.4, -0.2) is 91.5 Å². The maximum atomic E-state index is 13.8. The molecule has 3 aliphatic heterocycles. The third-order valence-electron chi connectivity index (χ3n) is 14.8. The number of aromatic nitrogens is 4. The van der Waals surface area contributed by atoms with Gasteiger partial charge in [-0.3, -0.25) is 38.1 Å². The number of amides is 2. The SMILES string of the molecule is CC(C)N1CC(C(c2ccccc2)c2ccccc2)n2ncc(=O)c(OC(=O)C3CCCCC3)c2C1=O.CC(C)N1CC(C(c2ccccc2)c2ccccc2)n2ncc(=O)c(OC(=O)C3CCOCC3)c2C1=O. The van der Waals surface area contributed by atoms with E-state index >= 15 is 0 Å². The Hall–Kier alpha value is -7.52. The van der Waals surface area contributed by atoms with E-state index in [9.17, 15) is 28.8 Å². The maximum Gasteiger partial charge on any atom is 0.314 e. The molecule has 1 aliphatic carbocycles. The molecule has 0 spiro atoms. The monoisotopic (exact) mass is 1000 g/mol. The highest BCUT2D eigenvalue weighted by Crippen LogP contribution is 2.42. The summed E-state index contributed by atoms with van der Waals surface area (Å²) in [6.07, 6.45) is 7.87. The molecular weight excluding hydrogens is 937 g/mol. The second-order valence-corrected chi connectivity index (χ2v) is 20.2. The minimum atomic E-state index is -0.583. The fourth-order valence-electron chi connectivity index (χ4n) is 10.9. The molecule has 2 amide bonds. The Bertz CT molecular complexity index is 2760. The van der Waals surface area contributed by atoms with E-state index in [-0.39, 0.29) is 82.5 Å². The number of carbonyl (C=O) groups excluding carboxylic acids is 4. The van der Waals surface area contributed by atoms with Crippen molar-refractivity contribution in [3.05, 3.63) is 188 Å². The predicted molar refractivity (Wildman–Crippen MR) is 278 cm³/mol. The Morgan fingerprint density at radius 1 is 0.500 bits per heavy atom. The number of fused-ring (bicyclic) bond motifs is 2. The van der Waals surface area contributed by atoms with Gasteiger partial charge in [0.25, 0.3) is 11.8 Å². The lowest BCUT2D eigenvalue weighted by Crippen LogP contribution is -2.50. The highest BCUT2D eigenvalue weighted by molar-refractivity contribution is 5.97. The summed E-state index contributed by atoms with van der Waals surface area (Å²) in [4.78, 5) is 83.1. The van der Waals surface area contributed by atoms with Gasteiger partial charge in [-0.2, -0.15) is 10.2 Å². The molecule has 384 valence electrons. The topological polar surface area (TPSA) is 172 Å². The van der Waals surface area contributed by atoms with Crippen LogP contribution in [0.15, 0.2) is 143 Å². The predicted octanol–water partition coefficient (Wildman–Crippen LogP) is 8.78. The highest BCUT2D eigenvalue weighted by Gasteiger charge is 2.43. The first-order chi connectivity index (χ1) is 35.9. The molecule has 15 nitrogen and oxygen atoms in total. The number of hydrogen-bond donors (Lipinski definition) is 0. The highest BCUT2D eigenvalue weighted by atomic mass is 16.5. The second-order valence-electron chi connectivity index (χ2n) is 20.2. The molecule has 0 radical (unpaired) electrons. The Balaban J connectivity index is 0.000000182. The van der Waals surface area contributed by atoms with E-state index in [2.05, 4.69) is 58.7 Å². The lowest BCUT2D eigenvalue weighted by Gasteiger charge is -2.41. The first-order valence-electron chi connectivity index (χ1n) is 26.0. The Morgan fingerprint density at radius 2 is 0.838 bits per heavy atom. The zero-order chi connectivity index (χ0) is 51.9. The van der Waals surface area contributed by atoms with E-state index in [1.54, 1.807) is 19.2 Å². The minimum absolute atomic E-state index is 0.0229. The molecule has 2 fully saturated rings. The molecule has 0 N–H and O–H groups in total. The van der Waals surface area contributed by atoms with Crippen molar-refractivity contribution < 1.29 is 33.4 Å². The number of benzene rings is 4. The van der Waals surface area contributed by atoms with Gasteiger partial charge in [0.05, 0.1) is 36.3 Å². The summed E-state index contributed by atoms with van der Waals surface area (Å²) in [5, 5.41) is 8.90. The number of hydrogen-bond acceptors (Lipinski definition) is 11. The van der Waals surface area contributed by atoms with Gasteiger partial charge in [-0.05, 0) is 75.6 Å². The van der Waals surface area contributed by atoms with Crippen LogP contribution in [0.2, 0.25) is 0 Å². The summed E-state index contributed by atoms with van der Waals surface area (Å²) >= 11 is 0. The minimum Gasteiger partial charge on any atom is -0.420 e. The van der Waals surface area contributed by atoms with Gasteiger partial charge in [0, 0.05) is 50.2 Å². The molecule has 74 heavy (non-hydrogen) atoms. The Morgan fingerprint density at radius 3 is 1.18 bits per heavy atom. The lowest BCUT2D eigenvalue weighted by atomic mass is 9.83. The van der Waals surface area contributed by atoms with Crippen LogP contribution in [0, 0.1) is 11.8 Å². The number of esters is 2. The normalized spacial score (nSPS) is 18.2. The number of rotatable bonds is 12. The number of nitrogens with zero attached hydrogens (tertiary/aromatic N) is 6. The van der Waals surface area contributed by atoms with Gasteiger partial charge in [0.15, 0.2) is 11.4 Å². The molecule has 2 unspecified atom stereocenters. The molecule has 4 aliphatic rings. The molecule has 2 atom stereocenters. The second kappa shape index (κ2) is 23.1. The number of carbonyl (C=O) groups is 4. The van der Waals surface area contributed by atoms with Crippen molar-refractivity contribution >= 4 is 23.8 Å². The van der Waals surface area contributed by atoms with Gasteiger partial charge in [0.1, 0.15) is 0 Å². The van der Waals surface area contributed by atoms with Crippen LogP contribution >= 0.6 is 0 Å². The smallest absolute Gasteiger partial charge is 0.314 e. The molecule has 10 rings (SSSR count). The average Bonchev–Trinajstić information content (AvgIpc) is 3.43. The Labute approximate surface area is 431 Å². The summed E-state index contributed by atoms with van der Waals surface area (Å²) in [5.41, 5.74) is 3.21. The molecule has 1 saturated heterocycles. The fraction of sp³-hybridized carbons (Fsp3) is 0.390. The maximum absolute atomic E-state index is 13.8. The quantitative estimate of drug-likeness (QED) is 0.107. The zero-order valence-electron chi connectivity index (χ0n) is 42.5. The van der Waals surface area contributed by atoms with Gasteiger partial charge >= 0.3 is 11.9 Å². The molecule has 4 aromatic carbocycles. The van der Waals surface area contributed by atoms with Crippen molar-refractivity contribution in [2.45, 2.75) is 109 Å². The van der Waals surface area contributed by atoms with Crippen LogP contribution in [0.1, 0.15) is 140 Å². The lowest BCUT2D eigenvalue weighted by molar-refractivity contribution is -0.142. The molecule has 6 aromatic rings. The van der Waals surface area contributed by atoms with E-state index in [1.165, 1.54) is 6.20 Å². The summed E-state index contributed by atoms with van der Waals surface area (Å²) < 4.78 is 20.0. The summed E-state index contributed by atoms with van der Waals surface area (Å²) in [6.45, 7) is 9.50. The van der Waals surface area contributed by atoms with E-state index in [1.807, 2.05) is 100 Å². The first kappa shape index (κ1) is 51.4. The van der Waals surface area contributed by atoms with Gasteiger partial charge < -0.3 is 24.0 Å². The average molecular weight is 1000 g/mol. The van der Waals surface area contributed by atoms with Crippen LogP contribution in [0.4, 0.5) is 0 Å². The van der Waals surface area contributed by atoms with E-state index in [0.717, 1.165) is 60.6 Å². The van der Waals surface area contributed by atoms with E-state index in [4.69, 9.17) is 14.2 Å². The van der Waals surface area contributed by atoms with Crippen molar-refractivity contribution in [3.8, 4) is 11.5 Å². The first-order valence-corrected chi connectivity index (χ1v) is 26.0. The van der Waals surface area contributed by atoms with Crippen molar-refractivity contribution in [1.82, 2.24) is 29.4 Å². The largest absolute Gasteiger partial charge is 0.420 e. The van der Waals surface area contributed by atoms with Gasteiger partial charge in [0.2, 0.25) is 22.4 Å². The van der Waals surface area contributed by atoms with Crippen LogP contribution in [-0.2, 0) is 14.3 Å². The molecule has 1 saturated carbocycles. The molecule has 15 heteroatoms. The summed E-state index contributed by atoms with van der Waals surface area (Å²) in [5.74, 6) is -3.04. The molecule has 5 heterocycles. The Kier molecular flexibility index (Phi) is 16.1. The summed E-state index contributed by atoms with van der Waals surface area (Å²) in [6, 6.07) is 39.4. The van der Waals surface area contributed by atoms with Gasteiger partial charge in [-0.25, -0.2) is 0 Å². The van der Waals surface area contributed by atoms with E-state index < -0.39 is 22.8 Å². The van der Waals surface area contributed by atoms with Gasteiger partial charge in [-0.1, -0.05) is 141 Å². The standard InChI is InChI=1S/C30H33N3O4.C29H31N3O5/c1-20(2)32-19-24(26(21-12-6-3-7-13-21)22-14-8-4-9-15-22)33-27(29(32)35)28(25(34)18-31-33)37-30(36)23-16-10-5-11-17-23;1-19(2)31-18-23(25(20-9-5-3-6-10-20)21-11-7-4-8-12-21)32-26(28(31)34)27(24(33)17-30-32)37-29(35)22-13-15-36-16-14-22/h3-4,6-9,12-15,18,20,23-24,26H,5,10-11,16-17,19H2,1-2H3;3-12,17,19,22-23,25H,13-16,18H2,1-2H3. The van der Waals surface area contributed by atoms with Gasteiger partial charge in [-0.15, -0.1) is 0 Å². The van der Waals surface area contributed by atoms with Crippen molar-refractivity contribution in [2.24, 2.45) is 11.8 Å².